The van der Waals surface area contributed by atoms with Crippen LogP contribution in [0.1, 0.15) is 38.5 Å². The molecule has 0 aromatic heterocycles. The molecule has 0 radical (unpaired) electrons. The van der Waals surface area contributed by atoms with Crippen LogP contribution in [0.5, 0.6) is 5.75 Å². The van der Waals surface area contributed by atoms with E-state index in [2.05, 4.69) is 5.32 Å². The summed E-state index contributed by atoms with van der Waals surface area (Å²) in [5, 5.41) is 23.1. The Hall–Kier alpha value is -2.64. The number of anilines is 1. The zero-order valence-electron chi connectivity index (χ0n) is 13.0. The second-order valence-electron chi connectivity index (χ2n) is 6.30. The first-order valence-corrected chi connectivity index (χ1v) is 7.91. The molecule has 1 saturated carbocycles. The van der Waals surface area contributed by atoms with Crippen LogP contribution < -0.4 is 5.32 Å². The molecule has 1 aliphatic heterocycles. The smallest absolute Gasteiger partial charge is 0.307 e. The molecule has 2 fully saturated rings. The number of nitro benzene ring substituents is 1. The Morgan fingerprint density at radius 2 is 2.04 bits per heavy atom. The molecule has 1 heterocycles. The highest BCUT2D eigenvalue weighted by atomic mass is 16.6. The van der Waals surface area contributed by atoms with Gasteiger partial charge in [0.2, 0.25) is 5.91 Å². The first kappa shape index (κ1) is 16.2. The Labute approximate surface area is 138 Å². The van der Waals surface area contributed by atoms with Gasteiger partial charge in [-0.1, -0.05) is 6.42 Å². The second kappa shape index (κ2) is 6.10. The van der Waals surface area contributed by atoms with E-state index >= 15 is 0 Å². The van der Waals surface area contributed by atoms with E-state index in [9.17, 15) is 24.8 Å². The quantitative estimate of drug-likeness (QED) is 0.379. The van der Waals surface area contributed by atoms with Gasteiger partial charge in [0.05, 0.1) is 29.0 Å². The third-order valence-corrected chi connectivity index (χ3v) is 4.79. The number of aromatic hydroxyl groups is 1. The van der Waals surface area contributed by atoms with E-state index in [1.807, 2.05) is 0 Å². The Morgan fingerprint density at radius 3 is 2.67 bits per heavy atom. The minimum Gasteiger partial charge on any atom is -0.506 e. The second-order valence-corrected chi connectivity index (χ2v) is 6.30. The van der Waals surface area contributed by atoms with Crippen molar-refractivity contribution in [1.82, 2.24) is 0 Å². The molecule has 1 amide bonds. The van der Waals surface area contributed by atoms with E-state index in [1.54, 1.807) is 0 Å². The maximum Gasteiger partial charge on any atom is 0.307 e. The van der Waals surface area contributed by atoms with Gasteiger partial charge in [0.1, 0.15) is 11.4 Å². The fraction of sp³-hybridized carbons (Fsp3) is 0.500. The van der Waals surface area contributed by atoms with E-state index < -0.39 is 22.3 Å². The summed E-state index contributed by atoms with van der Waals surface area (Å²) in [6, 6.07) is 3.45. The molecule has 2 N–H and O–H groups in total. The molecule has 24 heavy (non-hydrogen) atoms. The average molecular weight is 334 g/mol. The van der Waals surface area contributed by atoms with Crippen molar-refractivity contribution in [3.63, 3.8) is 0 Å². The van der Waals surface area contributed by atoms with Gasteiger partial charge in [0, 0.05) is 6.07 Å². The third-order valence-electron chi connectivity index (χ3n) is 4.79. The number of carbonyl (C=O) groups excluding carboxylic acids is 2. The zero-order valence-corrected chi connectivity index (χ0v) is 13.0. The summed E-state index contributed by atoms with van der Waals surface area (Å²) in [7, 11) is 0. The predicted octanol–water partition coefficient (Wildman–Crippen LogP) is 2.50. The Kier molecular flexibility index (Phi) is 4.13. The van der Waals surface area contributed by atoms with Crippen LogP contribution in [0.3, 0.4) is 0 Å². The van der Waals surface area contributed by atoms with Gasteiger partial charge in [-0.15, -0.1) is 0 Å². The molecule has 1 unspecified atom stereocenters. The number of ether oxygens (including phenoxy) is 1. The summed E-state index contributed by atoms with van der Waals surface area (Å²) in [6.07, 6.45) is 4.18. The van der Waals surface area contributed by atoms with Crippen LogP contribution in [0.2, 0.25) is 0 Å². The van der Waals surface area contributed by atoms with E-state index in [4.69, 9.17) is 4.74 Å². The molecular weight excluding hydrogens is 316 g/mol. The number of non-ortho nitro benzene ring substituents is 1. The molecule has 1 saturated heterocycles. The van der Waals surface area contributed by atoms with Crippen LogP contribution in [0, 0.1) is 16.0 Å². The molecule has 3 rings (SSSR count). The van der Waals surface area contributed by atoms with Crippen LogP contribution in [0.15, 0.2) is 18.2 Å². The number of phenols is 1. The number of nitrogens with one attached hydrogen (secondary N) is 1. The highest BCUT2D eigenvalue weighted by Gasteiger charge is 2.52. The molecule has 1 aromatic carbocycles. The van der Waals surface area contributed by atoms with Gasteiger partial charge < -0.3 is 15.2 Å². The number of carbonyl (C=O) groups is 2. The average Bonchev–Trinajstić information content (AvgIpc) is 2.85. The van der Waals surface area contributed by atoms with Gasteiger partial charge >= 0.3 is 5.97 Å². The standard InChI is InChI=1S/C16H18N2O6/c19-13-8-10(18(22)23)4-5-12(13)17-15(21)11-9-14(20)24-16(11)6-2-1-3-7-16/h4-5,8,11,19H,1-3,6-7,9H2,(H,17,21). The van der Waals surface area contributed by atoms with Crippen LogP contribution in [0.4, 0.5) is 11.4 Å². The first-order valence-electron chi connectivity index (χ1n) is 7.91. The van der Waals surface area contributed by atoms with Crippen molar-refractivity contribution < 1.29 is 24.4 Å². The molecule has 1 atom stereocenters. The van der Waals surface area contributed by atoms with Gasteiger partial charge in [0.15, 0.2) is 0 Å². The minimum atomic E-state index is -0.754. The van der Waals surface area contributed by atoms with Crippen molar-refractivity contribution >= 4 is 23.3 Å². The van der Waals surface area contributed by atoms with E-state index in [0.717, 1.165) is 25.3 Å². The van der Waals surface area contributed by atoms with Crippen LogP contribution >= 0.6 is 0 Å². The topological polar surface area (TPSA) is 119 Å². The number of rotatable bonds is 3. The molecule has 0 bridgehead atoms. The van der Waals surface area contributed by atoms with Gasteiger partial charge in [-0.25, -0.2) is 0 Å². The Bertz CT molecular complexity index is 696. The lowest BCUT2D eigenvalue weighted by Gasteiger charge is -2.36. The molecule has 2 aliphatic rings. The fourth-order valence-electron chi connectivity index (χ4n) is 3.58. The minimum absolute atomic E-state index is 0.0135. The number of nitrogens with zero attached hydrogens (tertiary/aromatic N) is 1. The van der Waals surface area contributed by atoms with Crippen LogP contribution in [0.25, 0.3) is 0 Å². The highest BCUT2D eigenvalue weighted by Crippen LogP contribution is 2.44. The van der Waals surface area contributed by atoms with Crippen molar-refractivity contribution in [1.29, 1.82) is 0 Å². The summed E-state index contributed by atoms with van der Waals surface area (Å²) in [5.74, 6) is -1.79. The first-order chi connectivity index (χ1) is 11.4. The number of nitro groups is 1. The number of amides is 1. The van der Waals surface area contributed by atoms with Crippen LogP contribution in [-0.2, 0) is 14.3 Å². The summed E-state index contributed by atoms with van der Waals surface area (Å²) in [4.78, 5) is 34.4. The van der Waals surface area contributed by atoms with Crippen molar-refractivity contribution in [2.75, 3.05) is 5.32 Å². The highest BCUT2D eigenvalue weighted by molar-refractivity contribution is 5.98. The van der Waals surface area contributed by atoms with Gasteiger partial charge in [-0.3, -0.25) is 19.7 Å². The van der Waals surface area contributed by atoms with Gasteiger partial charge in [-0.05, 0) is 31.7 Å². The van der Waals surface area contributed by atoms with Crippen molar-refractivity contribution in [3.8, 4) is 5.75 Å². The number of esters is 1. The van der Waals surface area contributed by atoms with E-state index in [-0.39, 0.29) is 29.5 Å². The molecule has 8 heteroatoms. The summed E-state index contributed by atoms with van der Waals surface area (Å²) < 4.78 is 5.49. The van der Waals surface area contributed by atoms with Gasteiger partial charge in [0.25, 0.3) is 5.69 Å². The van der Waals surface area contributed by atoms with E-state index in [0.29, 0.717) is 12.8 Å². The summed E-state index contributed by atoms with van der Waals surface area (Å²) in [5.41, 5.74) is -0.944. The predicted molar refractivity (Wildman–Crippen MR) is 83.4 cm³/mol. The van der Waals surface area contributed by atoms with Crippen molar-refractivity contribution in [2.45, 2.75) is 44.1 Å². The number of phenolic OH excluding ortho intramolecular Hbond substituents is 1. The maximum absolute atomic E-state index is 12.6. The van der Waals surface area contributed by atoms with Crippen molar-refractivity contribution in [2.24, 2.45) is 5.92 Å². The molecule has 128 valence electrons. The van der Waals surface area contributed by atoms with Crippen molar-refractivity contribution in [3.05, 3.63) is 28.3 Å². The lowest BCUT2D eigenvalue weighted by molar-refractivity contribution is -0.384. The maximum atomic E-state index is 12.6. The summed E-state index contributed by atoms with van der Waals surface area (Å²) >= 11 is 0. The normalized spacial score (nSPS) is 22.2. The largest absolute Gasteiger partial charge is 0.506 e. The number of benzene rings is 1. The van der Waals surface area contributed by atoms with E-state index in [1.165, 1.54) is 12.1 Å². The third kappa shape index (κ3) is 2.91. The zero-order chi connectivity index (χ0) is 17.3. The Balaban J connectivity index is 1.79. The lowest BCUT2D eigenvalue weighted by Crippen LogP contribution is -2.43. The van der Waals surface area contributed by atoms with Crippen LogP contribution in [-0.4, -0.2) is 27.5 Å². The molecule has 1 aliphatic carbocycles. The molecule has 8 nitrogen and oxygen atoms in total. The monoisotopic (exact) mass is 334 g/mol. The lowest BCUT2D eigenvalue weighted by atomic mass is 9.75. The SMILES string of the molecule is O=C1CC(C(=O)Nc2ccc([N+](=O)[O-])cc2O)C2(CCCCC2)O1. The molecule has 1 aromatic rings. The fourth-order valence-corrected chi connectivity index (χ4v) is 3.58. The van der Waals surface area contributed by atoms with Gasteiger partial charge in [-0.2, -0.15) is 0 Å². The molecule has 1 spiro atoms. The number of hydrogen-bond donors (Lipinski definition) is 2. The molecular formula is C16H18N2O6. The summed E-state index contributed by atoms with van der Waals surface area (Å²) in [6.45, 7) is 0. The Morgan fingerprint density at radius 1 is 1.33 bits per heavy atom. The number of hydrogen-bond acceptors (Lipinski definition) is 6.